The summed E-state index contributed by atoms with van der Waals surface area (Å²) < 4.78 is 0. The van der Waals surface area contributed by atoms with Crippen LogP contribution in [0.15, 0.2) is 0 Å². The highest BCUT2D eigenvalue weighted by Crippen LogP contribution is 2.01. The minimum absolute atomic E-state index is 0.0968. The Kier molecular flexibility index (Phi) is 6.29. The molecule has 0 atom stereocenters. The van der Waals surface area contributed by atoms with Gasteiger partial charge in [0, 0.05) is 32.7 Å². The van der Waals surface area contributed by atoms with Gasteiger partial charge < -0.3 is 20.0 Å². The number of likely N-dealkylation sites (N-methyl/N-ethyl adjacent to an activating group) is 1. The third-order valence-electron chi connectivity index (χ3n) is 3.17. The fourth-order valence-corrected chi connectivity index (χ4v) is 1.97. The van der Waals surface area contributed by atoms with Crippen LogP contribution in [0.5, 0.6) is 0 Å². The first-order valence-corrected chi connectivity index (χ1v) is 6.53. The summed E-state index contributed by atoms with van der Waals surface area (Å²) in [4.78, 5) is 18.2. The Labute approximate surface area is 105 Å². The maximum atomic E-state index is 11.8. The van der Waals surface area contributed by atoms with Crippen molar-refractivity contribution in [2.75, 3.05) is 59.9 Å². The van der Waals surface area contributed by atoms with Crippen LogP contribution in [0, 0.1) is 0 Å². The topological polar surface area (TPSA) is 38.8 Å². The molecular formula is C12H26N4O. The molecule has 1 rings (SSSR count). The number of carbonyl (C=O) groups excluding carboxylic acids is 1. The predicted octanol–water partition coefficient (Wildman–Crippen LogP) is 0.285. The molecule has 1 aliphatic rings. The van der Waals surface area contributed by atoms with E-state index in [9.17, 15) is 4.79 Å². The number of rotatable bonds is 5. The average Bonchev–Trinajstić information content (AvgIpc) is 2.34. The molecule has 1 aliphatic heterocycles. The standard InChI is InChI=1S/C12H26N4O/c1-4-15-8-10-16(11-9-15)12(17)13-6-5-7-14(2)3/h4-11H2,1-3H3,(H,13,17). The number of hydrogen-bond acceptors (Lipinski definition) is 3. The Balaban J connectivity index is 2.12. The molecule has 0 bridgehead atoms. The van der Waals surface area contributed by atoms with Gasteiger partial charge in [-0.2, -0.15) is 0 Å². The number of urea groups is 1. The number of nitrogens with one attached hydrogen (secondary N) is 1. The van der Waals surface area contributed by atoms with Crippen LogP contribution in [0.3, 0.4) is 0 Å². The van der Waals surface area contributed by atoms with E-state index < -0.39 is 0 Å². The molecule has 0 aliphatic carbocycles. The first-order valence-electron chi connectivity index (χ1n) is 6.53. The molecule has 0 aromatic rings. The Hall–Kier alpha value is -0.810. The molecule has 0 spiro atoms. The third kappa shape index (κ3) is 5.37. The van der Waals surface area contributed by atoms with Crippen LogP contribution >= 0.6 is 0 Å². The fraction of sp³-hybridized carbons (Fsp3) is 0.917. The van der Waals surface area contributed by atoms with E-state index in [0.717, 1.165) is 52.2 Å². The monoisotopic (exact) mass is 242 g/mol. The summed E-state index contributed by atoms with van der Waals surface area (Å²) in [5.74, 6) is 0. The lowest BCUT2D eigenvalue weighted by molar-refractivity contribution is 0.143. The summed E-state index contributed by atoms with van der Waals surface area (Å²) >= 11 is 0. The van der Waals surface area contributed by atoms with Gasteiger partial charge >= 0.3 is 6.03 Å². The van der Waals surface area contributed by atoms with Crippen molar-refractivity contribution in [1.29, 1.82) is 0 Å². The maximum absolute atomic E-state index is 11.8. The zero-order valence-electron chi connectivity index (χ0n) is 11.4. The van der Waals surface area contributed by atoms with Gasteiger partial charge in [0.05, 0.1) is 0 Å². The van der Waals surface area contributed by atoms with Crippen LogP contribution in [0.1, 0.15) is 13.3 Å². The van der Waals surface area contributed by atoms with E-state index in [0.29, 0.717) is 0 Å². The zero-order valence-corrected chi connectivity index (χ0v) is 11.4. The van der Waals surface area contributed by atoms with Crippen molar-refractivity contribution in [3.05, 3.63) is 0 Å². The molecule has 1 fully saturated rings. The molecule has 0 saturated carbocycles. The summed E-state index contributed by atoms with van der Waals surface area (Å²) in [7, 11) is 4.09. The van der Waals surface area contributed by atoms with Crippen LogP contribution in [0.4, 0.5) is 4.79 Å². The lowest BCUT2D eigenvalue weighted by Crippen LogP contribution is -2.51. The molecule has 1 saturated heterocycles. The molecule has 5 nitrogen and oxygen atoms in total. The van der Waals surface area contributed by atoms with Crippen LogP contribution in [0.2, 0.25) is 0 Å². The summed E-state index contributed by atoms with van der Waals surface area (Å²) in [5, 5.41) is 2.98. The van der Waals surface area contributed by atoms with Gasteiger partial charge in [-0.25, -0.2) is 4.79 Å². The second-order valence-corrected chi connectivity index (χ2v) is 4.81. The smallest absolute Gasteiger partial charge is 0.317 e. The molecule has 1 N–H and O–H groups in total. The summed E-state index contributed by atoms with van der Waals surface area (Å²) in [6.45, 7) is 8.74. The zero-order chi connectivity index (χ0) is 12.7. The molecule has 100 valence electrons. The first kappa shape index (κ1) is 14.3. The maximum Gasteiger partial charge on any atom is 0.317 e. The predicted molar refractivity (Wildman–Crippen MR) is 70.3 cm³/mol. The highest BCUT2D eigenvalue weighted by molar-refractivity contribution is 5.74. The van der Waals surface area contributed by atoms with Crippen molar-refractivity contribution in [3.63, 3.8) is 0 Å². The van der Waals surface area contributed by atoms with Gasteiger partial charge in [0.1, 0.15) is 0 Å². The lowest BCUT2D eigenvalue weighted by atomic mass is 10.3. The molecule has 1 heterocycles. The second-order valence-electron chi connectivity index (χ2n) is 4.81. The van der Waals surface area contributed by atoms with Crippen molar-refractivity contribution in [2.24, 2.45) is 0 Å². The molecule has 17 heavy (non-hydrogen) atoms. The SMILES string of the molecule is CCN1CCN(C(=O)NCCCN(C)C)CC1. The van der Waals surface area contributed by atoms with Crippen molar-refractivity contribution in [2.45, 2.75) is 13.3 Å². The number of amides is 2. The van der Waals surface area contributed by atoms with Gasteiger partial charge in [-0.05, 0) is 33.6 Å². The van der Waals surface area contributed by atoms with Crippen molar-refractivity contribution in [1.82, 2.24) is 20.0 Å². The third-order valence-corrected chi connectivity index (χ3v) is 3.17. The van der Waals surface area contributed by atoms with E-state index in [4.69, 9.17) is 0 Å². The molecule has 0 aromatic heterocycles. The van der Waals surface area contributed by atoms with Gasteiger partial charge in [0.25, 0.3) is 0 Å². The van der Waals surface area contributed by atoms with Gasteiger partial charge in [-0.15, -0.1) is 0 Å². The minimum atomic E-state index is 0.0968. The summed E-state index contributed by atoms with van der Waals surface area (Å²) in [6, 6.07) is 0.0968. The van der Waals surface area contributed by atoms with Crippen LogP contribution in [0.25, 0.3) is 0 Å². The molecule has 0 aromatic carbocycles. The summed E-state index contributed by atoms with van der Waals surface area (Å²) in [6.07, 6.45) is 1.01. The van der Waals surface area contributed by atoms with Crippen LogP contribution in [-0.2, 0) is 0 Å². The Morgan fingerprint density at radius 2 is 1.88 bits per heavy atom. The summed E-state index contributed by atoms with van der Waals surface area (Å²) in [5.41, 5.74) is 0. The van der Waals surface area contributed by atoms with Gasteiger partial charge in [-0.1, -0.05) is 6.92 Å². The Bertz CT molecular complexity index is 225. The van der Waals surface area contributed by atoms with Crippen molar-refractivity contribution in [3.8, 4) is 0 Å². The lowest BCUT2D eigenvalue weighted by Gasteiger charge is -2.34. The molecule has 0 radical (unpaired) electrons. The minimum Gasteiger partial charge on any atom is -0.338 e. The molecule has 0 unspecified atom stereocenters. The first-order chi connectivity index (χ1) is 8.13. The Morgan fingerprint density at radius 1 is 1.24 bits per heavy atom. The molecule has 2 amide bonds. The highest BCUT2D eigenvalue weighted by Gasteiger charge is 2.19. The van der Waals surface area contributed by atoms with E-state index in [1.54, 1.807) is 0 Å². The largest absolute Gasteiger partial charge is 0.338 e. The Morgan fingerprint density at radius 3 is 2.41 bits per heavy atom. The number of hydrogen-bond donors (Lipinski definition) is 1. The van der Waals surface area contributed by atoms with E-state index in [1.165, 1.54) is 0 Å². The molecule has 5 heteroatoms. The van der Waals surface area contributed by atoms with Gasteiger partial charge in [0.15, 0.2) is 0 Å². The number of nitrogens with zero attached hydrogens (tertiary/aromatic N) is 3. The highest BCUT2D eigenvalue weighted by atomic mass is 16.2. The van der Waals surface area contributed by atoms with Gasteiger partial charge in [0.2, 0.25) is 0 Å². The van der Waals surface area contributed by atoms with E-state index in [-0.39, 0.29) is 6.03 Å². The van der Waals surface area contributed by atoms with E-state index in [1.807, 2.05) is 19.0 Å². The quantitative estimate of drug-likeness (QED) is 0.704. The van der Waals surface area contributed by atoms with Crippen molar-refractivity contribution >= 4 is 6.03 Å². The van der Waals surface area contributed by atoms with Gasteiger partial charge in [-0.3, -0.25) is 0 Å². The van der Waals surface area contributed by atoms with Crippen LogP contribution in [-0.4, -0.2) is 80.6 Å². The normalized spacial score (nSPS) is 17.5. The molecular weight excluding hydrogens is 216 g/mol. The van der Waals surface area contributed by atoms with Crippen molar-refractivity contribution < 1.29 is 4.79 Å². The number of carbonyl (C=O) groups is 1. The number of piperazine rings is 1. The average molecular weight is 242 g/mol. The van der Waals surface area contributed by atoms with E-state index >= 15 is 0 Å². The fourth-order valence-electron chi connectivity index (χ4n) is 1.97. The second kappa shape index (κ2) is 7.50. The van der Waals surface area contributed by atoms with E-state index in [2.05, 4.69) is 22.0 Å². The van der Waals surface area contributed by atoms with Crippen LogP contribution < -0.4 is 5.32 Å².